The number of carboxylic acids is 1. The second-order valence-corrected chi connectivity index (χ2v) is 3.91. The van der Waals surface area contributed by atoms with Gasteiger partial charge in [0.25, 0.3) is 5.91 Å². The molecule has 1 aromatic carbocycles. The lowest BCUT2D eigenvalue weighted by Gasteiger charge is -2.16. The maximum absolute atomic E-state index is 11.7. The highest BCUT2D eigenvalue weighted by Gasteiger charge is 2.24. The fourth-order valence-electron chi connectivity index (χ4n) is 1.50. The van der Waals surface area contributed by atoms with Gasteiger partial charge in [-0.15, -0.1) is 0 Å². The quantitative estimate of drug-likeness (QED) is 0.695. The van der Waals surface area contributed by atoms with Crippen molar-refractivity contribution in [3.8, 4) is 6.07 Å². The number of aliphatic hydroxyl groups excluding tert-OH is 1. The number of nitriles is 1. The van der Waals surface area contributed by atoms with Crippen LogP contribution < -0.4 is 5.32 Å². The predicted molar refractivity (Wildman–Crippen MR) is 65.8 cm³/mol. The molecule has 0 spiro atoms. The van der Waals surface area contributed by atoms with Crippen molar-refractivity contribution >= 4 is 11.9 Å². The van der Waals surface area contributed by atoms with E-state index in [1.807, 2.05) is 6.07 Å². The SMILES string of the molecule is N#CCC[C@@H](NC(=O)[C@@H](O)c1ccccc1)C(=O)O. The smallest absolute Gasteiger partial charge is 0.326 e. The molecule has 100 valence electrons. The summed E-state index contributed by atoms with van der Waals surface area (Å²) in [7, 11) is 0. The number of carbonyl (C=O) groups excluding carboxylic acids is 1. The summed E-state index contributed by atoms with van der Waals surface area (Å²) in [5.74, 6) is -2.03. The molecule has 0 bridgehead atoms. The highest BCUT2D eigenvalue weighted by Crippen LogP contribution is 2.12. The lowest BCUT2D eigenvalue weighted by molar-refractivity contribution is -0.143. The number of hydrogen-bond donors (Lipinski definition) is 3. The van der Waals surface area contributed by atoms with Gasteiger partial charge in [-0.1, -0.05) is 30.3 Å². The van der Waals surface area contributed by atoms with E-state index in [1.54, 1.807) is 30.3 Å². The molecule has 1 aromatic rings. The molecule has 6 nitrogen and oxygen atoms in total. The van der Waals surface area contributed by atoms with E-state index in [4.69, 9.17) is 10.4 Å². The van der Waals surface area contributed by atoms with Crippen LogP contribution in [-0.2, 0) is 9.59 Å². The van der Waals surface area contributed by atoms with E-state index in [0.717, 1.165) is 0 Å². The minimum Gasteiger partial charge on any atom is -0.480 e. The van der Waals surface area contributed by atoms with Crippen LogP contribution in [0.5, 0.6) is 0 Å². The van der Waals surface area contributed by atoms with Gasteiger partial charge < -0.3 is 15.5 Å². The number of rotatable bonds is 6. The normalized spacial score (nSPS) is 13.1. The topological polar surface area (TPSA) is 110 Å². The first kappa shape index (κ1) is 14.7. The molecule has 0 saturated heterocycles. The Morgan fingerprint density at radius 2 is 1.95 bits per heavy atom. The van der Waals surface area contributed by atoms with Gasteiger partial charge in [-0.3, -0.25) is 4.79 Å². The third-order valence-electron chi connectivity index (χ3n) is 2.52. The third kappa shape index (κ3) is 4.41. The van der Waals surface area contributed by atoms with E-state index in [0.29, 0.717) is 5.56 Å². The molecule has 3 N–H and O–H groups in total. The molecule has 0 heterocycles. The molecular weight excluding hydrogens is 248 g/mol. The summed E-state index contributed by atoms with van der Waals surface area (Å²) < 4.78 is 0. The molecule has 1 rings (SSSR count). The number of carboxylic acid groups (broad SMARTS) is 1. The molecule has 19 heavy (non-hydrogen) atoms. The van der Waals surface area contributed by atoms with Crippen molar-refractivity contribution in [3.63, 3.8) is 0 Å². The molecular formula is C13H14N2O4. The number of nitrogens with one attached hydrogen (secondary N) is 1. The van der Waals surface area contributed by atoms with Gasteiger partial charge in [0.2, 0.25) is 0 Å². The predicted octanol–water partition coefficient (Wildman–Crippen LogP) is 0.593. The van der Waals surface area contributed by atoms with Crippen LogP contribution >= 0.6 is 0 Å². The number of nitrogens with zero attached hydrogens (tertiary/aromatic N) is 1. The van der Waals surface area contributed by atoms with Gasteiger partial charge in [-0.2, -0.15) is 5.26 Å². The zero-order valence-electron chi connectivity index (χ0n) is 10.1. The first-order valence-corrected chi connectivity index (χ1v) is 5.69. The largest absolute Gasteiger partial charge is 0.480 e. The fraction of sp³-hybridized carbons (Fsp3) is 0.308. The summed E-state index contributed by atoms with van der Waals surface area (Å²) in [6.45, 7) is 0. The Bertz CT molecular complexity index is 481. The second-order valence-electron chi connectivity index (χ2n) is 3.91. The molecule has 0 unspecified atom stereocenters. The second kappa shape index (κ2) is 7.13. The van der Waals surface area contributed by atoms with Gasteiger partial charge in [0.1, 0.15) is 6.04 Å². The summed E-state index contributed by atoms with van der Waals surface area (Å²) in [5, 5.41) is 29.3. The Morgan fingerprint density at radius 3 is 2.47 bits per heavy atom. The van der Waals surface area contributed by atoms with Crippen LogP contribution in [0, 0.1) is 11.3 Å². The monoisotopic (exact) mass is 262 g/mol. The average molecular weight is 262 g/mol. The molecule has 0 saturated carbocycles. The molecule has 0 aliphatic rings. The highest BCUT2D eigenvalue weighted by molar-refractivity contribution is 5.86. The molecule has 6 heteroatoms. The van der Waals surface area contributed by atoms with Gasteiger partial charge in [0, 0.05) is 6.42 Å². The Morgan fingerprint density at radius 1 is 1.32 bits per heavy atom. The summed E-state index contributed by atoms with van der Waals surface area (Å²) in [6, 6.07) is 8.83. The molecule has 0 radical (unpaired) electrons. The van der Waals surface area contributed by atoms with E-state index < -0.39 is 24.0 Å². The molecule has 1 amide bonds. The lowest BCUT2D eigenvalue weighted by Crippen LogP contribution is -2.43. The summed E-state index contributed by atoms with van der Waals surface area (Å²) in [6.07, 6.45) is -1.41. The maximum Gasteiger partial charge on any atom is 0.326 e. The number of carbonyl (C=O) groups is 2. The van der Waals surface area contributed by atoms with Crippen LogP contribution in [0.1, 0.15) is 24.5 Å². The Balaban J connectivity index is 2.67. The van der Waals surface area contributed by atoms with Gasteiger partial charge in [-0.25, -0.2) is 4.79 Å². The number of benzene rings is 1. The van der Waals surface area contributed by atoms with Crippen LogP contribution in [0.4, 0.5) is 0 Å². The van der Waals surface area contributed by atoms with Crippen molar-refractivity contribution < 1.29 is 19.8 Å². The maximum atomic E-state index is 11.7. The standard InChI is InChI=1S/C13H14N2O4/c14-8-4-7-10(13(18)19)15-12(17)11(16)9-5-2-1-3-6-9/h1-3,5-6,10-11,16H,4,7H2,(H,15,17)(H,18,19)/t10-,11+/m1/s1. The van der Waals surface area contributed by atoms with Crippen LogP contribution in [0.3, 0.4) is 0 Å². The van der Waals surface area contributed by atoms with E-state index >= 15 is 0 Å². The summed E-state index contributed by atoms with van der Waals surface area (Å²) in [5.41, 5.74) is 0.379. The minimum absolute atomic E-state index is 0.000910. The number of amides is 1. The molecule has 0 aliphatic carbocycles. The van der Waals surface area contributed by atoms with Crippen LogP contribution in [0.25, 0.3) is 0 Å². The first-order valence-electron chi connectivity index (χ1n) is 5.69. The van der Waals surface area contributed by atoms with Crippen molar-refractivity contribution in [2.24, 2.45) is 0 Å². The highest BCUT2D eigenvalue weighted by atomic mass is 16.4. The third-order valence-corrected chi connectivity index (χ3v) is 2.52. The molecule has 0 aromatic heterocycles. The Kier molecular flexibility index (Phi) is 5.51. The van der Waals surface area contributed by atoms with Crippen molar-refractivity contribution in [3.05, 3.63) is 35.9 Å². The number of hydrogen-bond acceptors (Lipinski definition) is 4. The fourth-order valence-corrected chi connectivity index (χ4v) is 1.50. The van der Waals surface area contributed by atoms with E-state index in [9.17, 15) is 14.7 Å². The summed E-state index contributed by atoms with van der Waals surface area (Å²) in [4.78, 5) is 22.6. The van der Waals surface area contributed by atoms with Gasteiger partial charge >= 0.3 is 5.97 Å². The van der Waals surface area contributed by atoms with E-state index in [2.05, 4.69) is 5.32 Å². The summed E-state index contributed by atoms with van der Waals surface area (Å²) >= 11 is 0. The number of aliphatic hydroxyl groups is 1. The average Bonchev–Trinajstić information content (AvgIpc) is 2.43. The van der Waals surface area contributed by atoms with Crippen LogP contribution in [-0.4, -0.2) is 28.1 Å². The van der Waals surface area contributed by atoms with E-state index in [1.165, 1.54) is 0 Å². The van der Waals surface area contributed by atoms with E-state index in [-0.39, 0.29) is 12.8 Å². The minimum atomic E-state index is -1.43. The molecule has 2 atom stereocenters. The lowest BCUT2D eigenvalue weighted by atomic mass is 10.1. The van der Waals surface area contributed by atoms with Crippen molar-refractivity contribution in [2.75, 3.05) is 0 Å². The van der Waals surface area contributed by atoms with Crippen molar-refractivity contribution in [2.45, 2.75) is 25.0 Å². The Hall–Kier alpha value is -2.39. The zero-order valence-corrected chi connectivity index (χ0v) is 10.1. The number of aliphatic carboxylic acids is 1. The van der Waals surface area contributed by atoms with Crippen molar-refractivity contribution in [1.29, 1.82) is 5.26 Å². The molecule has 0 aliphatic heterocycles. The van der Waals surface area contributed by atoms with Crippen molar-refractivity contribution in [1.82, 2.24) is 5.32 Å². The van der Waals surface area contributed by atoms with Gasteiger partial charge in [0.15, 0.2) is 6.10 Å². The van der Waals surface area contributed by atoms with Crippen LogP contribution in [0.2, 0.25) is 0 Å². The Labute approximate surface area is 110 Å². The first-order chi connectivity index (χ1) is 9.06. The zero-order chi connectivity index (χ0) is 14.3. The van der Waals surface area contributed by atoms with Gasteiger partial charge in [0.05, 0.1) is 6.07 Å². The molecule has 0 fully saturated rings. The van der Waals surface area contributed by atoms with Crippen LogP contribution in [0.15, 0.2) is 30.3 Å². The van der Waals surface area contributed by atoms with Gasteiger partial charge in [-0.05, 0) is 12.0 Å².